The second-order valence-electron chi connectivity index (χ2n) is 2.62. The first kappa shape index (κ1) is 10.2. The van der Waals surface area contributed by atoms with E-state index < -0.39 is 16.3 Å². The summed E-state index contributed by atoms with van der Waals surface area (Å²) in [6.07, 6.45) is 0.456. The van der Waals surface area contributed by atoms with Crippen molar-refractivity contribution in [3.8, 4) is 0 Å². The van der Waals surface area contributed by atoms with E-state index in [-0.39, 0.29) is 0 Å². The average Bonchev–Trinajstić information content (AvgIpc) is 2.53. The fourth-order valence-corrected chi connectivity index (χ4v) is 2.11. The van der Waals surface area contributed by atoms with Crippen molar-refractivity contribution < 1.29 is 18.0 Å². The number of nitrogens with zero attached hydrogens (tertiary/aromatic N) is 1. The number of rotatable bonds is 3. The number of hydrogen-bond donors (Lipinski definition) is 2. The summed E-state index contributed by atoms with van der Waals surface area (Å²) in [6.45, 7) is 0.884. The van der Waals surface area contributed by atoms with Crippen molar-refractivity contribution >= 4 is 16.3 Å². The average molecular weight is 209 g/mol. The Morgan fingerprint density at radius 3 is 2.38 bits per heavy atom. The van der Waals surface area contributed by atoms with Crippen LogP contribution in [0.4, 0.5) is 4.79 Å². The van der Waals surface area contributed by atoms with Crippen molar-refractivity contribution in [3.63, 3.8) is 0 Å². The van der Waals surface area contributed by atoms with Crippen LogP contribution in [-0.4, -0.2) is 31.9 Å². The largest absolute Gasteiger partial charge is 0.424 e. The fraction of sp³-hybridized carbons (Fsp3) is 0.800. The van der Waals surface area contributed by atoms with Gasteiger partial charge in [0.2, 0.25) is 0 Å². The van der Waals surface area contributed by atoms with Crippen molar-refractivity contribution in [2.24, 2.45) is 5.73 Å². The summed E-state index contributed by atoms with van der Waals surface area (Å²) in [6, 6.07) is 0. The monoisotopic (exact) mass is 209 g/mol. The van der Waals surface area contributed by atoms with Gasteiger partial charge in [-0.2, -0.15) is 12.7 Å². The molecule has 1 saturated heterocycles. The minimum Gasteiger partial charge on any atom is -0.338 e. The summed E-state index contributed by atoms with van der Waals surface area (Å²) in [4.78, 5) is 15.7. The normalized spacial score (nSPS) is 18.8. The molecule has 1 fully saturated rings. The highest BCUT2D eigenvalue weighted by Crippen LogP contribution is 2.10. The van der Waals surface area contributed by atoms with Crippen molar-refractivity contribution in [2.45, 2.75) is 12.8 Å². The molecule has 0 aliphatic carbocycles. The first-order valence-corrected chi connectivity index (χ1v) is 5.19. The molecule has 1 amide bonds. The Bertz CT molecular complexity index is 282. The topological polar surface area (TPSA) is 102 Å². The molecule has 1 aliphatic rings. The molecule has 1 heterocycles. The highest BCUT2D eigenvalue weighted by atomic mass is 32.2. The smallest absolute Gasteiger partial charge is 0.338 e. The second-order valence-corrected chi connectivity index (χ2v) is 4.25. The van der Waals surface area contributed by atoms with Gasteiger partial charge in [-0.1, -0.05) is 0 Å². The lowest BCUT2D eigenvalue weighted by Gasteiger charge is -2.14. The predicted molar refractivity (Wildman–Crippen MR) is 43.5 cm³/mol. The second kappa shape index (κ2) is 3.90. The zero-order valence-electron chi connectivity index (χ0n) is 6.89. The van der Waals surface area contributed by atoms with Gasteiger partial charge in [-0.05, 0) is 17.7 Å². The molecule has 0 spiro atoms. The predicted octanol–water partition coefficient (Wildman–Crippen LogP) is -1.07. The summed E-state index contributed by atoms with van der Waals surface area (Å²) in [5.74, 6) is 0. The van der Waals surface area contributed by atoms with Crippen molar-refractivity contribution in [2.75, 3.05) is 13.1 Å². The molecule has 0 unspecified atom stereocenters. The molecule has 76 valence electrons. The first-order valence-electron chi connectivity index (χ1n) is 3.75. The molecule has 7 nitrogen and oxygen atoms in total. The number of hydrogen-bond acceptors (Lipinski definition) is 4. The van der Waals surface area contributed by atoms with Crippen LogP contribution < -0.4 is 10.6 Å². The van der Waals surface area contributed by atoms with Crippen molar-refractivity contribution in [1.29, 1.82) is 0 Å². The lowest BCUT2D eigenvalue weighted by Crippen LogP contribution is -2.40. The van der Waals surface area contributed by atoms with Crippen LogP contribution in [0.3, 0.4) is 0 Å². The molecule has 0 aromatic carbocycles. The van der Waals surface area contributed by atoms with E-state index >= 15 is 0 Å². The number of nitrogens with two attached hydrogens (primary N) is 1. The molecule has 1 rings (SSSR count). The minimum absolute atomic E-state index is 0.442. The maximum Gasteiger partial charge on any atom is 0.424 e. The van der Waals surface area contributed by atoms with E-state index in [1.165, 1.54) is 4.31 Å². The summed E-state index contributed by atoms with van der Waals surface area (Å²) in [7, 11) is -3.69. The highest BCUT2D eigenvalue weighted by Gasteiger charge is 2.25. The van der Waals surface area contributed by atoms with Crippen LogP contribution in [0, 0.1) is 0 Å². The van der Waals surface area contributed by atoms with Gasteiger partial charge < -0.3 is 10.6 Å². The molecule has 0 atom stereocenters. The third kappa shape index (κ3) is 2.83. The third-order valence-electron chi connectivity index (χ3n) is 1.65. The number of amides is 1. The van der Waals surface area contributed by atoms with Crippen molar-refractivity contribution in [3.05, 3.63) is 0 Å². The van der Waals surface area contributed by atoms with Gasteiger partial charge in [-0.25, -0.2) is 4.79 Å². The number of carbonyl (C=O) groups is 1. The van der Waals surface area contributed by atoms with E-state index in [0.717, 1.165) is 12.8 Å². The molecule has 0 radical (unpaired) electrons. The summed E-state index contributed by atoms with van der Waals surface area (Å²) >= 11 is 0. The number of carbonyl (C=O) groups excluding carboxylic acids is 1. The Morgan fingerprint density at radius 2 is 1.92 bits per heavy atom. The van der Waals surface area contributed by atoms with Crippen molar-refractivity contribution in [1.82, 2.24) is 9.19 Å². The Hall–Kier alpha value is -0.860. The van der Waals surface area contributed by atoms with E-state index in [1.54, 1.807) is 4.89 Å². The summed E-state index contributed by atoms with van der Waals surface area (Å²) in [5.41, 5.74) is 4.59. The van der Waals surface area contributed by atoms with E-state index in [4.69, 9.17) is 0 Å². The molecule has 1 aliphatic heterocycles. The standard InChI is InChI=1S/C5H11N3O4S/c6-5(9)12-7-13(10,11)8-3-1-2-4-8/h7H,1-4H2,(H2,6,9). The van der Waals surface area contributed by atoms with E-state index in [1.807, 2.05) is 0 Å². The lowest BCUT2D eigenvalue weighted by molar-refractivity contribution is 0.131. The van der Waals surface area contributed by atoms with Gasteiger partial charge >= 0.3 is 16.3 Å². The summed E-state index contributed by atoms with van der Waals surface area (Å²) in [5, 5.41) is 0. The van der Waals surface area contributed by atoms with Crippen LogP contribution in [0.15, 0.2) is 0 Å². The third-order valence-corrected chi connectivity index (χ3v) is 2.99. The van der Waals surface area contributed by atoms with Gasteiger partial charge in [0.05, 0.1) is 0 Å². The van der Waals surface area contributed by atoms with Gasteiger partial charge in [0.15, 0.2) is 0 Å². The lowest BCUT2D eigenvalue weighted by atomic mass is 10.4. The maximum absolute atomic E-state index is 11.2. The zero-order chi connectivity index (χ0) is 9.90. The molecular formula is C5H11N3O4S. The first-order chi connectivity index (χ1) is 6.02. The van der Waals surface area contributed by atoms with E-state index in [2.05, 4.69) is 10.6 Å². The Balaban J connectivity index is 2.50. The number of nitrogens with one attached hydrogen (secondary N) is 1. The van der Waals surface area contributed by atoms with Gasteiger partial charge in [-0.15, -0.1) is 0 Å². The van der Waals surface area contributed by atoms with Crippen LogP contribution in [0.2, 0.25) is 0 Å². The Morgan fingerprint density at radius 1 is 1.38 bits per heavy atom. The highest BCUT2D eigenvalue weighted by molar-refractivity contribution is 7.87. The minimum atomic E-state index is -3.69. The van der Waals surface area contributed by atoms with Gasteiger partial charge in [-0.3, -0.25) is 0 Å². The van der Waals surface area contributed by atoms with Crippen LogP contribution in [0.1, 0.15) is 12.8 Å². The SMILES string of the molecule is NC(=O)ONS(=O)(=O)N1CCCC1. The van der Waals surface area contributed by atoms with Gasteiger partial charge in [0.1, 0.15) is 0 Å². The van der Waals surface area contributed by atoms with Gasteiger partial charge in [0.25, 0.3) is 0 Å². The Kier molecular flexibility index (Phi) is 3.07. The van der Waals surface area contributed by atoms with Crippen LogP contribution in [-0.2, 0) is 15.0 Å². The molecule has 3 N–H and O–H groups in total. The number of primary amides is 1. The maximum atomic E-state index is 11.2. The molecule has 0 aromatic rings. The van der Waals surface area contributed by atoms with Gasteiger partial charge in [0, 0.05) is 13.1 Å². The molecular weight excluding hydrogens is 198 g/mol. The zero-order valence-corrected chi connectivity index (χ0v) is 7.71. The van der Waals surface area contributed by atoms with Crippen LogP contribution in [0.5, 0.6) is 0 Å². The summed E-state index contributed by atoms with van der Waals surface area (Å²) < 4.78 is 23.6. The molecule has 0 aromatic heterocycles. The fourth-order valence-electron chi connectivity index (χ4n) is 1.07. The van der Waals surface area contributed by atoms with Crippen LogP contribution in [0.25, 0.3) is 0 Å². The van der Waals surface area contributed by atoms with Crippen LogP contribution >= 0.6 is 0 Å². The molecule has 0 bridgehead atoms. The molecule has 0 saturated carbocycles. The Labute approximate surface area is 76.0 Å². The molecule has 8 heteroatoms. The van der Waals surface area contributed by atoms with E-state index in [9.17, 15) is 13.2 Å². The van der Waals surface area contributed by atoms with E-state index in [0.29, 0.717) is 13.1 Å². The molecule has 13 heavy (non-hydrogen) atoms. The quantitative estimate of drug-likeness (QED) is 0.577.